The molecule has 2 fully saturated rings. The number of hydroxylamine groups is 2. The molecule has 38 heavy (non-hydrogen) atoms. The number of hydrogen-bond acceptors (Lipinski definition) is 8. The number of amides is 1. The molecular weight excluding hydrogens is 501 g/mol. The first-order chi connectivity index (χ1) is 18.1. The molecule has 0 aromatic heterocycles. The lowest BCUT2D eigenvalue weighted by atomic mass is 9.95. The maximum atomic E-state index is 13.0. The first-order valence-electron chi connectivity index (χ1n) is 13.4. The van der Waals surface area contributed by atoms with E-state index in [9.17, 15) is 18.0 Å². The van der Waals surface area contributed by atoms with Gasteiger partial charge in [-0.05, 0) is 68.3 Å². The number of halogens is 3. The van der Waals surface area contributed by atoms with Crippen molar-refractivity contribution in [3.05, 3.63) is 23.9 Å². The van der Waals surface area contributed by atoms with Crippen molar-refractivity contribution in [1.82, 2.24) is 25.6 Å². The van der Waals surface area contributed by atoms with Crippen LogP contribution >= 0.6 is 0 Å². The van der Waals surface area contributed by atoms with Gasteiger partial charge in [0.25, 0.3) is 0 Å². The van der Waals surface area contributed by atoms with Crippen molar-refractivity contribution < 1.29 is 22.9 Å². The minimum absolute atomic E-state index is 0.0101. The van der Waals surface area contributed by atoms with Crippen LogP contribution in [0.5, 0.6) is 0 Å². The number of likely N-dealkylation sites (tertiary alicyclic amines) is 1. The van der Waals surface area contributed by atoms with E-state index in [1.807, 2.05) is 23.9 Å². The second kappa shape index (κ2) is 12.4. The third-order valence-electron chi connectivity index (χ3n) is 7.70. The molecule has 0 radical (unpaired) electrons. The van der Waals surface area contributed by atoms with E-state index in [2.05, 4.69) is 21.0 Å². The molecule has 0 bridgehead atoms. The van der Waals surface area contributed by atoms with Gasteiger partial charge in [0.15, 0.2) is 5.84 Å². The quantitative estimate of drug-likeness (QED) is 0.188. The van der Waals surface area contributed by atoms with E-state index in [1.165, 1.54) is 19.0 Å². The van der Waals surface area contributed by atoms with Crippen LogP contribution in [0.3, 0.4) is 0 Å². The number of hydrazone groups is 1. The molecule has 4 aliphatic rings. The Balaban J connectivity index is 1.21. The van der Waals surface area contributed by atoms with E-state index in [0.29, 0.717) is 43.7 Å². The Hall–Kier alpha value is -2.80. The molecular formula is C25H39F3N8O2. The van der Waals surface area contributed by atoms with Crippen molar-refractivity contribution in [3.8, 4) is 0 Å². The van der Waals surface area contributed by atoms with Crippen LogP contribution < -0.4 is 16.5 Å². The zero-order chi connectivity index (χ0) is 27.3. The standard InChI is InChI=1S/C25H39F3N8O2/c1-34(23-15-21(31-32-23)17-6-7-17)22(8-11-29)33-38-35(2)20-9-12-36(13-10-20)16-24(37)30-19-5-3-4-18(14-19)25(26,27)28/h8,11,14,17,19-21,31H,3-7,9-10,12-13,15-16,29H2,1-2H3,(H,30,37)/b11-8-,33-22+. The molecule has 2 aliphatic carbocycles. The summed E-state index contributed by atoms with van der Waals surface area (Å²) in [5.41, 5.74) is 8.30. The Bertz CT molecular complexity index is 955. The summed E-state index contributed by atoms with van der Waals surface area (Å²) in [6.07, 6.45) is 5.71. The van der Waals surface area contributed by atoms with Gasteiger partial charge in [0.1, 0.15) is 5.84 Å². The number of amidine groups is 2. The molecule has 212 valence electrons. The topological polar surface area (TPSA) is 111 Å². The smallest absolute Gasteiger partial charge is 0.404 e. The van der Waals surface area contributed by atoms with Crippen molar-refractivity contribution >= 4 is 17.6 Å². The van der Waals surface area contributed by atoms with E-state index in [-0.39, 0.29) is 24.9 Å². The lowest BCUT2D eigenvalue weighted by molar-refractivity contribution is -0.177. The molecule has 10 nitrogen and oxygen atoms in total. The van der Waals surface area contributed by atoms with Gasteiger partial charge in [-0.15, -0.1) is 5.06 Å². The van der Waals surface area contributed by atoms with Gasteiger partial charge < -0.3 is 21.4 Å². The Morgan fingerprint density at radius 1 is 1.29 bits per heavy atom. The number of likely N-dealkylation sites (N-methyl/N-ethyl adjacent to an activating group) is 1. The summed E-state index contributed by atoms with van der Waals surface area (Å²) in [4.78, 5) is 22.1. The molecule has 2 unspecified atom stereocenters. The third-order valence-corrected chi connectivity index (χ3v) is 7.70. The maximum absolute atomic E-state index is 13.0. The largest absolute Gasteiger partial charge is 0.412 e. The van der Waals surface area contributed by atoms with E-state index in [0.717, 1.165) is 31.2 Å². The van der Waals surface area contributed by atoms with Crippen molar-refractivity contribution in [2.24, 2.45) is 21.9 Å². The predicted molar refractivity (Wildman–Crippen MR) is 138 cm³/mol. The maximum Gasteiger partial charge on any atom is 0.412 e. The van der Waals surface area contributed by atoms with Crippen LogP contribution in [0, 0.1) is 5.92 Å². The van der Waals surface area contributed by atoms with Crippen LogP contribution in [0.2, 0.25) is 0 Å². The molecule has 1 saturated carbocycles. The normalized spacial score (nSPS) is 25.8. The van der Waals surface area contributed by atoms with Crippen molar-refractivity contribution in [3.63, 3.8) is 0 Å². The second-order valence-corrected chi connectivity index (χ2v) is 10.6. The molecule has 4 rings (SSSR count). The summed E-state index contributed by atoms with van der Waals surface area (Å²) >= 11 is 0. The zero-order valence-corrected chi connectivity index (χ0v) is 22.1. The predicted octanol–water partition coefficient (Wildman–Crippen LogP) is 2.27. The monoisotopic (exact) mass is 540 g/mol. The number of nitrogens with zero attached hydrogens (tertiary/aromatic N) is 5. The Labute approximate surface area is 221 Å². The Morgan fingerprint density at radius 3 is 2.68 bits per heavy atom. The molecule has 0 aromatic rings. The van der Waals surface area contributed by atoms with Crippen molar-refractivity contribution in [1.29, 1.82) is 0 Å². The van der Waals surface area contributed by atoms with Gasteiger partial charge in [0.05, 0.1) is 18.6 Å². The van der Waals surface area contributed by atoms with Crippen LogP contribution in [0.15, 0.2) is 34.2 Å². The summed E-state index contributed by atoms with van der Waals surface area (Å²) in [5, 5.41) is 13.2. The highest BCUT2D eigenvalue weighted by Crippen LogP contribution is 2.36. The minimum Gasteiger partial charge on any atom is -0.404 e. The molecule has 2 heterocycles. The van der Waals surface area contributed by atoms with Gasteiger partial charge in [-0.1, -0.05) is 6.08 Å². The van der Waals surface area contributed by atoms with Gasteiger partial charge in [-0.3, -0.25) is 14.6 Å². The van der Waals surface area contributed by atoms with Crippen LogP contribution in [0.4, 0.5) is 13.2 Å². The SMILES string of the molecule is CN(C1=NNC(C2CC2)C1)C(/C=C\N)=N/ON(C)C1CCN(CC(=O)NC2C=C(C(F)(F)F)CCC2)CC1. The number of alkyl halides is 3. The summed E-state index contributed by atoms with van der Waals surface area (Å²) in [5.74, 6) is 1.86. The number of piperidine rings is 1. The fourth-order valence-electron chi connectivity index (χ4n) is 5.19. The number of rotatable bonds is 8. The number of hydrogen-bond donors (Lipinski definition) is 3. The van der Waals surface area contributed by atoms with Gasteiger partial charge in [0.2, 0.25) is 5.91 Å². The number of carbonyl (C=O) groups is 1. The third kappa shape index (κ3) is 7.62. The van der Waals surface area contributed by atoms with Crippen LogP contribution in [0.1, 0.15) is 51.4 Å². The average molecular weight is 541 g/mol. The first-order valence-corrected chi connectivity index (χ1v) is 13.4. The summed E-state index contributed by atoms with van der Waals surface area (Å²) in [6.45, 7) is 1.50. The van der Waals surface area contributed by atoms with E-state index >= 15 is 0 Å². The average Bonchev–Trinajstić information content (AvgIpc) is 3.62. The van der Waals surface area contributed by atoms with Crippen LogP contribution in [-0.4, -0.2) is 90.5 Å². The Kier molecular flexibility index (Phi) is 9.19. The summed E-state index contributed by atoms with van der Waals surface area (Å²) < 4.78 is 39.0. The number of oxime groups is 1. The molecule has 2 aliphatic heterocycles. The summed E-state index contributed by atoms with van der Waals surface area (Å²) in [6, 6.07) is -0.0852. The Morgan fingerprint density at radius 2 is 2.03 bits per heavy atom. The van der Waals surface area contributed by atoms with Gasteiger partial charge in [-0.25, -0.2) is 0 Å². The molecule has 0 aromatic carbocycles. The minimum atomic E-state index is -4.33. The number of nitrogens with two attached hydrogens (primary N) is 1. The van der Waals surface area contributed by atoms with Gasteiger partial charge in [0, 0.05) is 45.2 Å². The molecule has 13 heteroatoms. The molecule has 1 saturated heterocycles. The van der Waals surface area contributed by atoms with Gasteiger partial charge in [-0.2, -0.15) is 18.3 Å². The molecule has 0 spiro atoms. The first kappa shape index (κ1) is 28.2. The molecule has 2 atom stereocenters. The van der Waals surface area contributed by atoms with E-state index in [1.54, 1.807) is 11.1 Å². The second-order valence-electron chi connectivity index (χ2n) is 10.6. The van der Waals surface area contributed by atoms with Gasteiger partial charge >= 0.3 is 6.18 Å². The summed E-state index contributed by atoms with van der Waals surface area (Å²) in [7, 11) is 3.71. The fourth-order valence-corrected chi connectivity index (χ4v) is 5.19. The number of nitrogens with one attached hydrogen (secondary N) is 2. The molecule has 4 N–H and O–H groups in total. The highest BCUT2D eigenvalue weighted by Gasteiger charge is 2.37. The highest BCUT2D eigenvalue weighted by molar-refractivity contribution is 6.06. The van der Waals surface area contributed by atoms with Crippen molar-refractivity contribution in [2.45, 2.75) is 75.7 Å². The van der Waals surface area contributed by atoms with Crippen molar-refractivity contribution in [2.75, 3.05) is 33.7 Å². The fraction of sp³-hybridized carbons (Fsp3) is 0.720. The van der Waals surface area contributed by atoms with Crippen LogP contribution in [0.25, 0.3) is 0 Å². The van der Waals surface area contributed by atoms with E-state index in [4.69, 9.17) is 10.7 Å². The van der Waals surface area contributed by atoms with E-state index < -0.39 is 17.8 Å². The van der Waals surface area contributed by atoms with Crippen LogP contribution in [-0.2, 0) is 9.73 Å². The lowest BCUT2D eigenvalue weighted by Gasteiger charge is -2.34. The highest BCUT2D eigenvalue weighted by atomic mass is 19.4. The number of allylic oxidation sites excluding steroid dienone is 1. The zero-order valence-electron chi connectivity index (χ0n) is 22.1. The molecule has 1 amide bonds. The lowest BCUT2D eigenvalue weighted by Crippen LogP contribution is -2.48. The number of carbonyl (C=O) groups excluding carboxylic acids is 1.